The lowest BCUT2D eigenvalue weighted by Crippen LogP contribution is -2.21. The largest absolute Gasteiger partial charge is 0.264 e. The van der Waals surface area contributed by atoms with E-state index in [0.29, 0.717) is 0 Å². The number of hydrogen-bond acceptors (Lipinski definition) is 1. The zero-order valence-corrected chi connectivity index (χ0v) is 12.3. The molecule has 98 valence electrons. The lowest BCUT2D eigenvalue weighted by atomic mass is 10.3. The molecule has 0 N–H and O–H groups in total. The molecule has 0 amide bonds. The number of aryl methyl sites for hydroxylation is 1. The Morgan fingerprint density at radius 3 is 1.75 bits per heavy atom. The summed E-state index contributed by atoms with van der Waals surface area (Å²) in [6.45, 7) is 2.10. The predicted molar refractivity (Wildman–Crippen MR) is 87.7 cm³/mol. The molecule has 3 aromatic rings. The number of pyridine rings is 1. The molecular formula is C18H16NP. The first-order chi connectivity index (χ1) is 9.84. The van der Waals surface area contributed by atoms with Crippen molar-refractivity contribution in [2.24, 2.45) is 0 Å². The highest BCUT2D eigenvalue weighted by Crippen LogP contribution is 2.32. The third-order valence-corrected chi connectivity index (χ3v) is 5.54. The van der Waals surface area contributed by atoms with Crippen LogP contribution in [0.15, 0.2) is 79.1 Å². The van der Waals surface area contributed by atoms with Crippen LogP contribution in [0.2, 0.25) is 0 Å². The van der Waals surface area contributed by atoms with Gasteiger partial charge in [-0.3, -0.25) is 4.98 Å². The van der Waals surface area contributed by atoms with Crippen LogP contribution in [0.1, 0.15) is 5.56 Å². The van der Waals surface area contributed by atoms with Gasteiger partial charge in [-0.25, -0.2) is 0 Å². The van der Waals surface area contributed by atoms with E-state index in [1.54, 1.807) is 0 Å². The lowest BCUT2D eigenvalue weighted by Gasteiger charge is -2.19. The molecule has 20 heavy (non-hydrogen) atoms. The van der Waals surface area contributed by atoms with Gasteiger partial charge in [0.2, 0.25) is 0 Å². The molecule has 1 heterocycles. The normalized spacial score (nSPS) is 10.7. The van der Waals surface area contributed by atoms with Crippen LogP contribution >= 0.6 is 7.92 Å². The molecule has 0 aliphatic rings. The Balaban J connectivity index is 2.14. The van der Waals surface area contributed by atoms with Crippen LogP contribution in [0.5, 0.6) is 0 Å². The van der Waals surface area contributed by atoms with E-state index in [1.165, 1.54) is 21.5 Å². The number of hydrogen-bond donors (Lipinski definition) is 0. The molecule has 0 aliphatic heterocycles. The maximum atomic E-state index is 4.37. The van der Waals surface area contributed by atoms with Gasteiger partial charge in [-0.15, -0.1) is 0 Å². The summed E-state index contributed by atoms with van der Waals surface area (Å²) in [4.78, 5) is 4.37. The SMILES string of the molecule is Cc1cncc(P(c2ccccc2)c2ccccc2)c1. The molecule has 0 saturated heterocycles. The zero-order chi connectivity index (χ0) is 13.8. The first-order valence-corrected chi connectivity index (χ1v) is 8.00. The van der Waals surface area contributed by atoms with Gasteiger partial charge >= 0.3 is 0 Å². The summed E-state index contributed by atoms with van der Waals surface area (Å²) in [5, 5.41) is 4.03. The van der Waals surface area contributed by atoms with Crippen LogP contribution in [-0.4, -0.2) is 4.98 Å². The highest BCUT2D eigenvalue weighted by molar-refractivity contribution is 7.79. The van der Waals surface area contributed by atoms with Crippen LogP contribution < -0.4 is 15.9 Å². The van der Waals surface area contributed by atoms with E-state index in [2.05, 4.69) is 78.6 Å². The fraction of sp³-hybridized carbons (Fsp3) is 0.0556. The molecule has 2 aromatic carbocycles. The molecule has 0 radical (unpaired) electrons. The number of rotatable bonds is 3. The van der Waals surface area contributed by atoms with Crippen LogP contribution in [0.25, 0.3) is 0 Å². The number of aromatic nitrogens is 1. The van der Waals surface area contributed by atoms with Gasteiger partial charge in [0.15, 0.2) is 0 Å². The van der Waals surface area contributed by atoms with Gasteiger partial charge in [-0.1, -0.05) is 60.7 Å². The minimum Gasteiger partial charge on any atom is -0.264 e. The lowest BCUT2D eigenvalue weighted by molar-refractivity contribution is 1.29. The van der Waals surface area contributed by atoms with Crippen molar-refractivity contribution in [2.75, 3.05) is 0 Å². The van der Waals surface area contributed by atoms with Crippen LogP contribution in [0.4, 0.5) is 0 Å². The van der Waals surface area contributed by atoms with Crippen molar-refractivity contribution in [3.05, 3.63) is 84.7 Å². The maximum absolute atomic E-state index is 4.37. The van der Waals surface area contributed by atoms with Gasteiger partial charge in [-0.05, 0) is 37.1 Å². The second-order valence-electron chi connectivity index (χ2n) is 4.73. The van der Waals surface area contributed by atoms with Crippen LogP contribution in [-0.2, 0) is 0 Å². The molecule has 1 aromatic heterocycles. The van der Waals surface area contributed by atoms with E-state index < -0.39 is 7.92 Å². The Morgan fingerprint density at radius 1 is 0.700 bits per heavy atom. The average Bonchev–Trinajstić information content (AvgIpc) is 2.50. The molecule has 0 bridgehead atoms. The Bertz CT molecular complexity index is 641. The van der Waals surface area contributed by atoms with Gasteiger partial charge in [0, 0.05) is 17.7 Å². The summed E-state index contributed by atoms with van der Waals surface area (Å²) in [6, 6.07) is 23.6. The van der Waals surface area contributed by atoms with Crippen molar-refractivity contribution in [3.63, 3.8) is 0 Å². The highest BCUT2D eigenvalue weighted by atomic mass is 31.1. The third kappa shape index (κ3) is 2.79. The van der Waals surface area contributed by atoms with Crippen LogP contribution in [0.3, 0.4) is 0 Å². The van der Waals surface area contributed by atoms with Crippen molar-refractivity contribution in [3.8, 4) is 0 Å². The summed E-state index contributed by atoms with van der Waals surface area (Å²) >= 11 is 0. The van der Waals surface area contributed by atoms with Gasteiger partial charge in [0.25, 0.3) is 0 Å². The quantitative estimate of drug-likeness (QED) is 0.670. The van der Waals surface area contributed by atoms with E-state index in [0.717, 1.165) is 0 Å². The molecule has 0 fully saturated rings. The van der Waals surface area contributed by atoms with Crippen LogP contribution in [0, 0.1) is 6.92 Å². The average molecular weight is 277 g/mol. The third-order valence-electron chi connectivity index (χ3n) is 3.15. The molecule has 0 atom stereocenters. The molecule has 0 unspecified atom stereocenters. The van der Waals surface area contributed by atoms with E-state index in [1.807, 2.05) is 12.4 Å². The van der Waals surface area contributed by atoms with Crippen molar-refractivity contribution < 1.29 is 0 Å². The molecule has 0 aliphatic carbocycles. The van der Waals surface area contributed by atoms with Gasteiger partial charge < -0.3 is 0 Å². The Labute approximate surface area is 121 Å². The van der Waals surface area contributed by atoms with Gasteiger partial charge in [0.1, 0.15) is 0 Å². The highest BCUT2D eigenvalue weighted by Gasteiger charge is 2.16. The Morgan fingerprint density at radius 2 is 1.25 bits per heavy atom. The molecule has 0 saturated carbocycles. The number of nitrogens with zero attached hydrogens (tertiary/aromatic N) is 1. The fourth-order valence-electron chi connectivity index (χ4n) is 2.26. The van der Waals surface area contributed by atoms with E-state index in [9.17, 15) is 0 Å². The van der Waals surface area contributed by atoms with E-state index >= 15 is 0 Å². The van der Waals surface area contributed by atoms with Gasteiger partial charge in [-0.2, -0.15) is 0 Å². The van der Waals surface area contributed by atoms with Crippen molar-refractivity contribution >= 4 is 23.8 Å². The van der Waals surface area contributed by atoms with Gasteiger partial charge in [0.05, 0.1) is 0 Å². The zero-order valence-electron chi connectivity index (χ0n) is 11.4. The second kappa shape index (κ2) is 5.98. The van der Waals surface area contributed by atoms with Crippen molar-refractivity contribution in [1.29, 1.82) is 0 Å². The fourth-order valence-corrected chi connectivity index (χ4v) is 4.61. The summed E-state index contributed by atoms with van der Waals surface area (Å²) in [7, 11) is -0.525. The smallest absolute Gasteiger partial charge is 0.0351 e. The standard InChI is InChI=1S/C18H16NP/c1-15-12-18(14-19-13-15)20(16-8-4-2-5-9-16)17-10-6-3-7-11-17/h2-14H,1H3. The first-order valence-electron chi connectivity index (χ1n) is 6.66. The summed E-state index contributed by atoms with van der Waals surface area (Å²) < 4.78 is 0. The summed E-state index contributed by atoms with van der Waals surface area (Å²) in [5.74, 6) is 0. The van der Waals surface area contributed by atoms with E-state index in [-0.39, 0.29) is 0 Å². The Kier molecular flexibility index (Phi) is 3.90. The summed E-state index contributed by atoms with van der Waals surface area (Å²) in [6.07, 6.45) is 3.91. The summed E-state index contributed by atoms with van der Waals surface area (Å²) in [5.41, 5.74) is 1.21. The minimum atomic E-state index is -0.525. The van der Waals surface area contributed by atoms with Crippen molar-refractivity contribution in [2.45, 2.75) is 6.92 Å². The first kappa shape index (κ1) is 13.0. The number of benzene rings is 2. The second-order valence-corrected chi connectivity index (χ2v) is 6.95. The van der Waals surface area contributed by atoms with Crippen molar-refractivity contribution in [1.82, 2.24) is 4.98 Å². The predicted octanol–water partition coefficient (Wildman–Crippen LogP) is 3.15. The topological polar surface area (TPSA) is 12.9 Å². The Hall–Kier alpha value is -1.98. The minimum absolute atomic E-state index is 0.525. The monoisotopic (exact) mass is 277 g/mol. The van der Waals surface area contributed by atoms with E-state index in [4.69, 9.17) is 0 Å². The molecule has 2 heteroatoms. The maximum Gasteiger partial charge on any atom is 0.0351 e. The molecule has 3 rings (SSSR count). The molecule has 1 nitrogen and oxygen atoms in total. The molecular weight excluding hydrogens is 261 g/mol. The molecule has 0 spiro atoms.